The fourth-order valence-corrected chi connectivity index (χ4v) is 2.72. The molecular weight excluding hydrogens is 271 g/mol. The lowest BCUT2D eigenvalue weighted by molar-refractivity contribution is -0.117. The Balaban J connectivity index is 1.89. The molecular formula is C13H16Cl2N2O. The van der Waals surface area contributed by atoms with Gasteiger partial charge in [-0.3, -0.25) is 4.79 Å². The van der Waals surface area contributed by atoms with Crippen LogP contribution in [0.1, 0.15) is 19.3 Å². The molecule has 0 aliphatic carbocycles. The van der Waals surface area contributed by atoms with E-state index in [0.717, 1.165) is 25.9 Å². The number of hydrogen-bond donors (Lipinski definition) is 2. The third-order valence-electron chi connectivity index (χ3n) is 3.02. The smallest absolute Gasteiger partial charge is 0.224 e. The minimum atomic E-state index is 0.0158. The number of halogens is 2. The van der Waals surface area contributed by atoms with Crippen molar-refractivity contribution in [2.75, 3.05) is 18.4 Å². The number of benzene rings is 1. The molecule has 18 heavy (non-hydrogen) atoms. The predicted molar refractivity (Wildman–Crippen MR) is 75.3 cm³/mol. The van der Waals surface area contributed by atoms with Gasteiger partial charge >= 0.3 is 0 Å². The number of anilines is 1. The zero-order chi connectivity index (χ0) is 13.0. The van der Waals surface area contributed by atoms with E-state index in [1.165, 1.54) is 0 Å². The van der Waals surface area contributed by atoms with Crippen LogP contribution in [0.5, 0.6) is 0 Å². The van der Waals surface area contributed by atoms with E-state index >= 15 is 0 Å². The number of hydrogen-bond acceptors (Lipinski definition) is 2. The molecule has 2 N–H and O–H groups in total. The Hall–Kier alpha value is -0.770. The Kier molecular flexibility index (Phi) is 4.87. The standard InChI is InChI=1S/C13H16Cl2N2O/c14-10-5-11(15)7-12(6-10)17-13(18)4-9-2-1-3-16-8-9/h5-7,9,16H,1-4,8H2,(H,17,18). The first kappa shape index (κ1) is 13.7. The van der Waals surface area contributed by atoms with E-state index in [1.807, 2.05) is 0 Å². The highest BCUT2D eigenvalue weighted by molar-refractivity contribution is 6.35. The molecule has 1 amide bonds. The van der Waals surface area contributed by atoms with Crippen molar-refractivity contribution in [1.29, 1.82) is 0 Å². The van der Waals surface area contributed by atoms with E-state index in [-0.39, 0.29) is 5.91 Å². The number of nitrogens with one attached hydrogen (secondary N) is 2. The molecule has 1 saturated heterocycles. The van der Waals surface area contributed by atoms with E-state index in [0.29, 0.717) is 28.1 Å². The van der Waals surface area contributed by atoms with Gasteiger partial charge in [0, 0.05) is 22.2 Å². The number of carbonyl (C=O) groups excluding carboxylic acids is 1. The first-order valence-electron chi connectivity index (χ1n) is 6.10. The average Bonchev–Trinajstić information content (AvgIpc) is 2.28. The van der Waals surface area contributed by atoms with Crippen molar-refractivity contribution in [1.82, 2.24) is 5.32 Å². The van der Waals surface area contributed by atoms with Crippen molar-refractivity contribution in [3.8, 4) is 0 Å². The SMILES string of the molecule is O=C(CC1CCCNC1)Nc1cc(Cl)cc(Cl)c1. The summed E-state index contributed by atoms with van der Waals surface area (Å²) in [6.45, 7) is 1.98. The summed E-state index contributed by atoms with van der Waals surface area (Å²) < 4.78 is 0. The Labute approximate surface area is 117 Å². The van der Waals surface area contributed by atoms with Crippen molar-refractivity contribution in [3.63, 3.8) is 0 Å². The van der Waals surface area contributed by atoms with Gasteiger partial charge in [-0.15, -0.1) is 0 Å². The van der Waals surface area contributed by atoms with E-state index in [1.54, 1.807) is 18.2 Å². The van der Waals surface area contributed by atoms with Crippen molar-refractivity contribution >= 4 is 34.8 Å². The molecule has 1 aromatic rings. The molecule has 0 aromatic heterocycles. The number of piperidine rings is 1. The summed E-state index contributed by atoms with van der Waals surface area (Å²) >= 11 is 11.8. The molecule has 1 atom stereocenters. The van der Waals surface area contributed by atoms with Crippen molar-refractivity contribution in [2.24, 2.45) is 5.92 Å². The van der Waals surface area contributed by atoms with Crippen LogP contribution in [0.3, 0.4) is 0 Å². The van der Waals surface area contributed by atoms with Crippen LogP contribution < -0.4 is 10.6 Å². The minimum absolute atomic E-state index is 0.0158. The summed E-state index contributed by atoms with van der Waals surface area (Å²) in [6, 6.07) is 5.04. The van der Waals surface area contributed by atoms with Gasteiger partial charge < -0.3 is 10.6 Å². The quantitative estimate of drug-likeness (QED) is 0.895. The molecule has 2 rings (SSSR count). The van der Waals surface area contributed by atoms with Gasteiger partial charge in [0.25, 0.3) is 0 Å². The van der Waals surface area contributed by atoms with Crippen LogP contribution in [0.15, 0.2) is 18.2 Å². The van der Waals surface area contributed by atoms with Gasteiger partial charge in [-0.25, -0.2) is 0 Å². The number of amides is 1. The van der Waals surface area contributed by atoms with Crippen molar-refractivity contribution < 1.29 is 4.79 Å². The number of rotatable bonds is 3. The molecule has 1 aliphatic rings. The Bertz CT molecular complexity index is 411. The molecule has 1 aromatic carbocycles. The number of carbonyl (C=O) groups is 1. The fourth-order valence-electron chi connectivity index (χ4n) is 2.20. The molecule has 3 nitrogen and oxygen atoms in total. The summed E-state index contributed by atoms with van der Waals surface area (Å²) in [7, 11) is 0. The first-order valence-corrected chi connectivity index (χ1v) is 6.86. The summed E-state index contributed by atoms with van der Waals surface area (Å²) in [5.74, 6) is 0.440. The van der Waals surface area contributed by atoms with Crippen LogP contribution in [0.25, 0.3) is 0 Å². The van der Waals surface area contributed by atoms with Crippen LogP contribution >= 0.6 is 23.2 Å². The second-order valence-electron chi connectivity index (χ2n) is 4.62. The summed E-state index contributed by atoms with van der Waals surface area (Å²) in [4.78, 5) is 11.9. The maximum Gasteiger partial charge on any atom is 0.224 e. The van der Waals surface area contributed by atoms with Crippen molar-refractivity contribution in [2.45, 2.75) is 19.3 Å². The van der Waals surface area contributed by atoms with Gasteiger partial charge in [0.1, 0.15) is 0 Å². The van der Waals surface area contributed by atoms with Gasteiger partial charge in [-0.05, 0) is 50.0 Å². The zero-order valence-electron chi connectivity index (χ0n) is 10.0. The Morgan fingerprint density at radius 3 is 2.67 bits per heavy atom. The van der Waals surface area contributed by atoms with Gasteiger partial charge in [0.2, 0.25) is 5.91 Å². The van der Waals surface area contributed by atoms with E-state index in [2.05, 4.69) is 10.6 Å². The molecule has 0 bridgehead atoms. The zero-order valence-corrected chi connectivity index (χ0v) is 11.5. The molecule has 0 radical (unpaired) electrons. The maximum atomic E-state index is 11.9. The van der Waals surface area contributed by atoms with Crippen LogP contribution in [0.2, 0.25) is 10.0 Å². The Morgan fingerprint density at radius 2 is 2.06 bits per heavy atom. The fraction of sp³-hybridized carbons (Fsp3) is 0.462. The maximum absolute atomic E-state index is 11.9. The van der Waals surface area contributed by atoms with Crippen LogP contribution in [-0.4, -0.2) is 19.0 Å². The molecule has 1 fully saturated rings. The van der Waals surface area contributed by atoms with E-state index in [4.69, 9.17) is 23.2 Å². The lowest BCUT2D eigenvalue weighted by Crippen LogP contribution is -2.32. The molecule has 1 heterocycles. The van der Waals surface area contributed by atoms with E-state index < -0.39 is 0 Å². The highest BCUT2D eigenvalue weighted by atomic mass is 35.5. The van der Waals surface area contributed by atoms with Gasteiger partial charge in [-0.2, -0.15) is 0 Å². The van der Waals surface area contributed by atoms with Gasteiger partial charge in [0.15, 0.2) is 0 Å². The third kappa shape index (κ3) is 4.16. The van der Waals surface area contributed by atoms with Crippen LogP contribution in [0, 0.1) is 5.92 Å². The monoisotopic (exact) mass is 286 g/mol. The second-order valence-corrected chi connectivity index (χ2v) is 5.50. The largest absolute Gasteiger partial charge is 0.326 e. The Morgan fingerprint density at radius 1 is 1.33 bits per heavy atom. The third-order valence-corrected chi connectivity index (χ3v) is 3.46. The predicted octanol–water partition coefficient (Wildman–Crippen LogP) is 3.32. The molecule has 1 unspecified atom stereocenters. The molecule has 1 aliphatic heterocycles. The second kappa shape index (κ2) is 6.41. The summed E-state index contributed by atoms with van der Waals surface area (Å²) in [5, 5.41) is 7.19. The minimum Gasteiger partial charge on any atom is -0.326 e. The molecule has 5 heteroatoms. The highest BCUT2D eigenvalue weighted by Gasteiger charge is 2.16. The van der Waals surface area contributed by atoms with Gasteiger partial charge in [0.05, 0.1) is 0 Å². The lowest BCUT2D eigenvalue weighted by Gasteiger charge is -2.22. The highest BCUT2D eigenvalue weighted by Crippen LogP contribution is 2.23. The van der Waals surface area contributed by atoms with Crippen LogP contribution in [0.4, 0.5) is 5.69 Å². The molecule has 98 valence electrons. The van der Waals surface area contributed by atoms with Crippen LogP contribution in [-0.2, 0) is 4.79 Å². The lowest BCUT2D eigenvalue weighted by atomic mass is 9.96. The normalized spacial score (nSPS) is 19.6. The van der Waals surface area contributed by atoms with Crippen molar-refractivity contribution in [3.05, 3.63) is 28.2 Å². The molecule has 0 saturated carbocycles. The van der Waals surface area contributed by atoms with E-state index in [9.17, 15) is 4.79 Å². The average molecular weight is 287 g/mol. The topological polar surface area (TPSA) is 41.1 Å². The molecule has 0 spiro atoms. The summed E-state index contributed by atoms with van der Waals surface area (Å²) in [5.41, 5.74) is 0.654. The first-order chi connectivity index (χ1) is 8.63. The summed E-state index contributed by atoms with van der Waals surface area (Å²) in [6.07, 6.45) is 2.79. The van der Waals surface area contributed by atoms with Gasteiger partial charge in [-0.1, -0.05) is 23.2 Å².